The summed E-state index contributed by atoms with van der Waals surface area (Å²) in [4.78, 5) is 14.9. The Kier molecular flexibility index (Phi) is 5.98. The molecule has 6 heteroatoms. The van der Waals surface area contributed by atoms with Gasteiger partial charge in [0, 0.05) is 17.5 Å². The van der Waals surface area contributed by atoms with Crippen molar-refractivity contribution in [3.05, 3.63) is 34.9 Å². The second-order valence-corrected chi connectivity index (χ2v) is 10.4. The number of benzene rings is 1. The van der Waals surface area contributed by atoms with E-state index in [2.05, 4.69) is 33.0 Å². The fourth-order valence-electron chi connectivity index (χ4n) is 4.59. The van der Waals surface area contributed by atoms with Crippen molar-refractivity contribution in [2.24, 2.45) is 17.3 Å². The van der Waals surface area contributed by atoms with Gasteiger partial charge in [-0.05, 0) is 61.0 Å². The number of nitrogens with zero attached hydrogens (tertiary/aromatic N) is 1. The van der Waals surface area contributed by atoms with Crippen molar-refractivity contribution in [2.75, 3.05) is 6.54 Å². The van der Waals surface area contributed by atoms with Crippen LogP contribution in [-0.4, -0.2) is 28.8 Å². The maximum atomic E-state index is 13.3. The first kappa shape index (κ1) is 21.4. The molecule has 0 radical (unpaired) electrons. The van der Waals surface area contributed by atoms with Crippen LogP contribution in [0.15, 0.2) is 24.3 Å². The number of carbonyl (C=O) groups is 1. The molecule has 2 fully saturated rings. The minimum Gasteiger partial charge on any atom is -0.445 e. The van der Waals surface area contributed by atoms with E-state index in [1.807, 2.05) is 31.2 Å². The molecule has 4 nitrogen and oxygen atoms in total. The monoisotopic (exact) mass is 422 g/mol. The lowest BCUT2D eigenvalue weighted by atomic mass is 9.68. The average Bonchev–Trinajstić information content (AvgIpc) is 2.90. The molecular weight excluding hydrogens is 392 g/mol. The smallest absolute Gasteiger partial charge is 0.417 e. The molecule has 1 heterocycles. The molecule has 1 N–H and O–H groups in total. The zero-order chi connectivity index (χ0) is 20.7. The van der Waals surface area contributed by atoms with Crippen LogP contribution in [0.4, 0.5) is 4.79 Å². The van der Waals surface area contributed by atoms with Gasteiger partial charge >= 0.3 is 6.09 Å². The molecule has 1 saturated carbocycles. The van der Waals surface area contributed by atoms with Crippen LogP contribution >= 0.6 is 23.8 Å². The third-order valence-electron chi connectivity index (χ3n) is 6.35. The van der Waals surface area contributed by atoms with Crippen LogP contribution in [0.2, 0.25) is 5.02 Å². The van der Waals surface area contributed by atoms with E-state index in [9.17, 15) is 4.79 Å². The van der Waals surface area contributed by atoms with Gasteiger partial charge in [-0.25, -0.2) is 9.69 Å². The number of hydrogen-bond acceptors (Lipinski definition) is 3. The number of thiocarbonyl (C=S) groups is 1. The first-order chi connectivity index (χ1) is 13.0. The van der Waals surface area contributed by atoms with Gasteiger partial charge in [0.1, 0.15) is 6.10 Å². The molecule has 1 aromatic rings. The van der Waals surface area contributed by atoms with Gasteiger partial charge in [0.25, 0.3) is 0 Å². The second-order valence-electron chi connectivity index (χ2n) is 9.59. The van der Waals surface area contributed by atoms with Crippen LogP contribution < -0.4 is 5.32 Å². The van der Waals surface area contributed by atoms with Gasteiger partial charge in [-0.2, -0.15) is 0 Å². The van der Waals surface area contributed by atoms with E-state index in [0.717, 1.165) is 18.4 Å². The van der Waals surface area contributed by atoms with Crippen molar-refractivity contribution in [1.82, 2.24) is 10.2 Å². The lowest BCUT2D eigenvalue weighted by Gasteiger charge is -2.43. The average molecular weight is 423 g/mol. The fourth-order valence-corrected chi connectivity index (χ4v) is 5.06. The fraction of sp³-hybridized carbons (Fsp3) is 0.636. The third-order valence-corrected chi connectivity index (χ3v) is 6.93. The molecule has 0 aromatic heterocycles. The predicted octanol–water partition coefficient (Wildman–Crippen LogP) is 5.73. The van der Waals surface area contributed by atoms with E-state index >= 15 is 0 Å². The number of hydrogen-bond donors (Lipinski definition) is 1. The number of halogens is 1. The van der Waals surface area contributed by atoms with Crippen molar-refractivity contribution in [3.63, 3.8) is 0 Å². The molecule has 1 aliphatic heterocycles. The molecule has 3 rings (SSSR count). The van der Waals surface area contributed by atoms with E-state index < -0.39 is 5.54 Å². The number of amides is 1. The van der Waals surface area contributed by atoms with E-state index in [1.54, 1.807) is 4.90 Å². The van der Waals surface area contributed by atoms with Crippen molar-refractivity contribution in [2.45, 2.75) is 65.5 Å². The molecule has 154 valence electrons. The van der Waals surface area contributed by atoms with Crippen LogP contribution in [0, 0.1) is 17.3 Å². The Bertz CT molecular complexity index is 746. The molecular formula is C22H31ClN2O2S. The Morgan fingerprint density at radius 3 is 2.54 bits per heavy atom. The lowest BCUT2D eigenvalue weighted by Crippen LogP contribution is -2.49. The molecule has 2 aliphatic rings. The van der Waals surface area contributed by atoms with Gasteiger partial charge < -0.3 is 10.1 Å². The van der Waals surface area contributed by atoms with Crippen LogP contribution in [0.5, 0.6) is 0 Å². The lowest BCUT2D eigenvalue weighted by molar-refractivity contribution is -0.0312. The van der Waals surface area contributed by atoms with Crippen molar-refractivity contribution in [3.8, 4) is 0 Å². The topological polar surface area (TPSA) is 41.6 Å². The minimum atomic E-state index is -0.601. The van der Waals surface area contributed by atoms with E-state index in [1.165, 1.54) is 6.42 Å². The van der Waals surface area contributed by atoms with Crippen LogP contribution in [0.3, 0.4) is 0 Å². The van der Waals surface area contributed by atoms with Gasteiger partial charge in [-0.1, -0.05) is 57.8 Å². The molecule has 1 unspecified atom stereocenters. The summed E-state index contributed by atoms with van der Waals surface area (Å²) < 4.78 is 6.13. The summed E-state index contributed by atoms with van der Waals surface area (Å²) in [6.07, 6.45) is 2.72. The summed E-state index contributed by atoms with van der Waals surface area (Å²) >= 11 is 11.5. The molecule has 1 amide bonds. The summed E-state index contributed by atoms with van der Waals surface area (Å²) in [6.45, 7) is 11.5. The third kappa shape index (κ3) is 4.16. The highest BCUT2D eigenvalue weighted by Crippen LogP contribution is 2.42. The molecule has 0 bridgehead atoms. The Hall–Kier alpha value is -1.33. The Balaban J connectivity index is 1.84. The minimum absolute atomic E-state index is 0.0888. The Morgan fingerprint density at radius 1 is 1.29 bits per heavy atom. The highest BCUT2D eigenvalue weighted by atomic mass is 35.5. The maximum absolute atomic E-state index is 13.3. The van der Waals surface area contributed by atoms with Gasteiger partial charge in [0.15, 0.2) is 5.11 Å². The zero-order valence-corrected chi connectivity index (χ0v) is 19.0. The normalized spacial score (nSPS) is 30.9. The van der Waals surface area contributed by atoms with Crippen molar-refractivity contribution >= 4 is 35.0 Å². The highest BCUT2D eigenvalue weighted by molar-refractivity contribution is 7.80. The summed E-state index contributed by atoms with van der Waals surface area (Å²) in [6, 6.07) is 7.56. The van der Waals surface area contributed by atoms with Gasteiger partial charge in [0.2, 0.25) is 0 Å². The number of ether oxygens (including phenoxy) is 1. The van der Waals surface area contributed by atoms with Crippen LogP contribution in [0.25, 0.3) is 0 Å². The number of nitrogens with one attached hydrogen (secondary N) is 1. The summed E-state index contributed by atoms with van der Waals surface area (Å²) in [7, 11) is 0. The largest absolute Gasteiger partial charge is 0.445 e. The first-order valence-electron chi connectivity index (χ1n) is 10.1. The SMILES string of the molecule is C[C@@H]1CC[C@@H](C(C)(C)C)C(OC(=O)N2C(=S)NC[C@@]2(C)c2ccc(Cl)cc2)C1. The second kappa shape index (κ2) is 7.83. The van der Waals surface area contributed by atoms with Crippen molar-refractivity contribution < 1.29 is 9.53 Å². The summed E-state index contributed by atoms with van der Waals surface area (Å²) in [5.74, 6) is 0.904. The maximum Gasteiger partial charge on any atom is 0.417 e. The summed E-state index contributed by atoms with van der Waals surface area (Å²) in [5.41, 5.74) is 0.468. The summed E-state index contributed by atoms with van der Waals surface area (Å²) in [5, 5.41) is 4.25. The van der Waals surface area contributed by atoms with Gasteiger partial charge in [-0.15, -0.1) is 0 Å². The van der Waals surface area contributed by atoms with E-state index in [4.69, 9.17) is 28.6 Å². The standard InChI is InChI=1S/C22H31ClN2O2S/c1-14-6-11-17(21(2,3)4)18(12-14)27-20(26)25-19(28)24-13-22(25,5)15-7-9-16(23)10-8-15/h7-10,14,17-18H,6,11-13H2,1-5H3,(H,24,28)/t14-,17-,18?,22+/m1/s1. The predicted molar refractivity (Wildman–Crippen MR) is 117 cm³/mol. The Labute approximate surface area is 179 Å². The molecule has 1 aromatic carbocycles. The number of rotatable bonds is 2. The highest BCUT2D eigenvalue weighted by Gasteiger charge is 2.47. The first-order valence-corrected chi connectivity index (χ1v) is 10.9. The molecule has 4 atom stereocenters. The van der Waals surface area contributed by atoms with Crippen molar-refractivity contribution in [1.29, 1.82) is 0 Å². The Morgan fingerprint density at radius 2 is 1.93 bits per heavy atom. The number of carbonyl (C=O) groups excluding carboxylic acids is 1. The molecule has 1 saturated heterocycles. The van der Waals surface area contributed by atoms with E-state index in [0.29, 0.717) is 28.5 Å². The zero-order valence-electron chi connectivity index (χ0n) is 17.4. The van der Waals surface area contributed by atoms with Crippen LogP contribution in [0.1, 0.15) is 59.4 Å². The molecule has 1 aliphatic carbocycles. The van der Waals surface area contributed by atoms with E-state index in [-0.39, 0.29) is 17.6 Å². The molecule has 28 heavy (non-hydrogen) atoms. The van der Waals surface area contributed by atoms with Gasteiger partial charge in [-0.3, -0.25) is 0 Å². The van der Waals surface area contributed by atoms with Crippen LogP contribution in [-0.2, 0) is 10.3 Å². The quantitative estimate of drug-likeness (QED) is 0.617. The molecule has 0 spiro atoms. The van der Waals surface area contributed by atoms with Gasteiger partial charge in [0.05, 0.1) is 5.54 Å².